The summed E-state index contributed by atoms with van der Waals surface area (Å²) in [5, 5.41) is 10.9. The predicted octanol–water partition coefficient (Wildman–Crippen LogP) is 2.75. The van der Waals surface area contributed by atoms with Crippen LogP contribution in [0.1, 0.15) is 26.2 Å². The zero-order valence-corrected chi connectivity index (χ0v) is 17.6. The molecular formula is C21H27N7O3. The summed E-state index contributed by atoms with van der Waals surface area (Å²) in [7, 11) is 1.92. The third-order valence-electron chi connectivity index (χ3n) is 4.95. The van der Waals surface area contributed by atoms with Crippen molar-refractivity contribution in [1.29, 1.82) is 0 Å². The van der Waals surface area contributed by atoms with E-state index in [2.05, 4.69) is 20.5 Å². The number of rotatable bonds is 6. The molecule has 0 radical (unpaired) electrons. The highest BCUT2D eigenvalue weighted by atomic mass is 16.5. The molecule has 1 aliphatic rings. The molecule has 2 heterocycles. The maximum Gasteiger partial charge on any atom is 0.328 e. The second kappa shape index (κ2) is 10.1. The topological polar surface area (TPSA) is 148 Å². The smallest absolute Gasteiger partial charge is 0.328 e. The minimum Gasteiger partial charge on any atom is -0.423 e. The number of aromatic nitrogens is 1. The van der Waals surface area contributed by atoms with Gasteiger partial charge in [0.15, 0.2) is 11.6 Å². The number of nitrogens with zero attached hydrogens (tertiary/aromatic N) is 4. The van der Waals surface area contributed by atoms with Crippen LogP contribution in [0, 0.1) is 0 Å². The number of esters is 1. The fourth-order valence-corrected chi connectivity index (χ4v) is 3.14. The first kappa shape index (κ1) is 22.3. The summed E-state index contributed by atoms with van der Waals surface area (Å²) in [6.07, 6.45) is 2.85. The van der Waals surface area contributed by atoms with E-state index in [0.717, 1.165) is 25.8 Å². The molecule has 10 nitrogen and oxygen atoms in total. The van der Waals surface area contributed by atoms with Gasteiger partial charge in [-0.2, -0.15) is 0 Å². The zero-order chi connectivity index (χ0) is 22.4. The van der Waals surface area contributed by atoms with Gasteiger partial charge in [-0.25, -0.2) is 9.78 Å². The molecule has 0 unspecified atom stereocenters. The molecule has 0 bridgehead atoms. The number of nitrogens with two attached hydrogens (primary N) is 2. The van der Waals surface area contributed by atoms with Gasteiger partial charge in [0.05, 0.1) is 6.04 Å². The number of pyridine rings is 1. The van der Waals surface area contributed by atoms with Gasteiger partial charge in [0.25, 0.3) is 0 Å². The number of carbonyl (C=O) groups excluding carboxylic acids is 2. The molecule has 2 atom stereocenters. The Bertz CT molecular complexity index is 977. The molecule has 1 aromatic carbocycles. The van der Waals surface area contributed by atoms with Gasteiger partial charge in [-0.3, -0.25) is 9.69 Å². The van der Waals surface area contributed by atoms with Crippen molar-refractivity contribution in [3.05, 3.63) is 36.4 Å². The van der Waals surface area contributed by atoms with Crippen molar-refractivity contribution in [2.75, 3.05) is 24.6 Å². The fraction of sp³-hybridized carbons (Fsp3) is 0.381. The Labute approximate surface area is 180 Å². The molecule has 0 aliphatic carbocycles. The summed E-state index contributed by atoms with van der Waals surface area (Å²) in [6.45, 7) is 2.44. The van der Waals surface area contributed by atoms with Crippen LogP contribution in [0.5, 0.6) is 5.75 Å². The maximum absolute atomic E-state index is 12.6. The van der Waals surface area contributed by atoms with Crippen LogP contribution in [0.4, 0.5) is 23.0 Å². The van der Waals surface area contributed by atoms with E-state index in [1.165, 1.54) is 0 Å². The molecule has 10 heteroatoms. The Morgan fingerprint density at radius 1 is 1.19 bits per heavy atom. The van der Waals surface area contributed by atoms with Gasteiger partial charge in [-0.05, 0) is 57.6 Å². The normalized spacial score (nSPS) is 18.0. The molecule has 31 heavy (non-hydrogen) atoms. The number of para-hydroxylation sites is 1. The number of hydrogen-bond acceptors (Lipinski definition) is 9. The number of azo groups is 1. The molecule has 1 fully saturated rings. The van der Waals surface area contributed by atoms with Crippen molar-refractivity contribution >= 4 is 34.9 Å². The minimum absolute atomic E-state index is 0.0875. The number of amides is 1. The molecular weight excluding hydrogens is 398 g/mol. The predicted molar refractivity (Wildman–Crippen MR) is 117 cm³/mol. The van der Waals surface area contributed by atoms with Gasteiger partial charge < -0.3 is 21.5 Å². The molecule has 5 N–H and O–H groups in total. The van der Waals surface area contributed by atoms with E-state index in [4.69, 9.17) is 16.2 Å². The molecule has 0 spiro atoms. The van der Waals surface area contributed by atoms with Gasteiger partial charge in [0, 0.05) is 0 Å². The highest BCUT2D eigenvalue weighted by Gasteiger charge is 2.28. The van der Waals surface area contributed by atoms with Gasteiger partial charge in [0.1, 0.15) is 23.2 Å². The van der Waals surface area contributed by atoms with E-state index >= 15 is 0 Å². The average Bonchev–Trinajstić information content (AvgIpc) is 2.74. The van der Waals surface area contributed by atoms with Gasteiger partial charge >= 0.3 is 5.97 Å². The molecule has 3 rings (SSSR count). The monoisotopic (exact) mass is 425 g/mol. The van der Waals surface area contributed by atoms with Crippen molar-refractivity contribution in [2.45, 2.75) is 38.3 Å². The number of nitrogen functional groups attached to an aromatic ring is 1. The van der Waals surface area contributed by atoms with Crippen LogP contribution < -0.4 is 21.5 Å². The van der Waals surface area contributed by atoms with E-state index < -0.39 is 6.04 Å². The van der Waals surface area contributed by atoms with Crippen LogP contribution in [0.25, 0.3) is 0 Å². The van der Waals surface area contributed by atoms with Crippen LogP contribution in [0.3, 0.4) is 0 Å². The summed E-state index contributed by atoms with van der Waals surface area (Å²) in [5.41, 5.74) is 12.2. The summed E-state index contributed by atoms with van der Waals surface area (Å²) in [5.74, 6) is -0.00216. The number of piperidine rings is 1. The van der Waals surface area contributed by atoms with Crippen LogP contribution in [-0.2, 0) is 9.59 Å². The van der Waals surface area contributed by atoms with Crippen LogP contribution >= 0.6 is 0 Å². The lowest BCUT2D eigenvalue weighted by Crippen LogP contribution is -2.44. The summed E-state index contributed by atoms with van der Waals surface area (Å²) in [4.78, 5) is 30.4. The molecule has 1 aromatic heterocycles. The standard InChI is InChI=1S/C21H27N7O3/c1-13(22)20(29)25-18-11-10-15(19(23)24-18)27-26-14-7-3-4-9-17(14)31-21(30)16-8-5-6-12-28(16)2/h3-4,7,9-11,13,16H,5-6,8,12,22H2,1-2H3,(H3,23,24,25,29)/b27-26+/t13-,16-/m0/s1. The van der Waals surface area contributed by atoms with Gasteiger partial charge in [-0.1, -0.05) is 18.6 Å². The first-order valence-corrected chi connectivity index (χ1v) is 10.1. The van der Waals surface area contributed by atoms with E-state index in [-0.39, 0.29) is 29.6 Å². The number of benzene rings is 1. The minimum atomic E-state index is -0.671. The third kappa shape index (κ3) is 5.83. The number of ether oxygens (including phenoxy) is 1. The number of nitrogens with one attached hydrogen (secondary N) is 1. The van der Waals surface area contributed by atoms with Crippen LogP contribution in [-0.4, -0.2) is 47.4 Å². The van der Waals surface area contributed by atoms with Crippen molar-refractivity contribution in [2.24, 2.45) is 16.0 Å². The first-order valence-electron chi connectivity index (χ1n) is 10.1. The van der Waals surface area contributed by atoms with Crippen LogP contribution in [0.15, 0.2) is 46.6 Å². The average molecular weight is 425 g/mol. The largest absolute Gasteiger partial charge is 0.423 e. The lowest BCUT2D eigenvalue weighted by atomic mass is 10.0. The molecule has 2 aromatic rings. The van der Waals surface area contributed by atoms with Crippen molar-refractivity contribution < 1.29 is 14.3 Å². The number of anilines is 2. The van der Waals surface area contributed by atoms with Crippen molar-refractivity contribution in [1.82, 2.24) is 9.88 Å². The maximum atomic E-state index is 12.6. The highest BCUT2D eigenvalue weighted by molar-refractivity contribution is 5.93. The van der Waals surface area contributed by atoms with Crippen molar-refractivity contribution in [3.63, 3.8) is 0 Å². The van der Waals surface area contributed by atoms with Gasteiger partial charge in [0.2, 0.25) is 5.91 Å². The Morgan fingerprint density at radius 2 is 1.94 bits per heavy atom. The summed E-state index contributed by atoms with van der Waals surface area (Å²) in [6, 6.07) is 9.09. The number of carbonyl (C=O) groups is 2. The van der Waals surface area contributed by atoms with E-state index in [0.29, 0.717) is 17.1 Å². The van der Waals surface area contributed by atoms with E-state index in [9.17, 15) is 9.59 Å². The quantitative estimate of drug-likeness (QED) is 0.366. The Balaban J connectivity index is 1.73. The lowest BCUT2D eigenvalue weighted by Gasteiger charge is -2.30. The Hall–Kier alpha value is -3.37. The first-order chi connectivity index (χ1) is 14.8. The van der Waals surface area contributed by atoms with Crippen molar-refractivity contribution in [3.8, 4) is 5.75 Å². The lowest BCUT2D eigenvalue weighted by molar-refractivity contribution is -0.141. The van der Waals surface area contributed by atoms with E-state index in [1.54, 1.807) is 43.3 Å². The molecule has 164 valence electrons. The fourth-order valence-electron chi connectivity index (χ4n) is 3.14. The second-order valence-electron chi connectivity index (χ2n) is 7.46. The molecule has 0 saturated carbocycles. The molecule has 1 amide bonds. The van der Waals surface area contributed by atoms with Crippen LogP contribution in [0.2, 0.25) is 0 Å². The Kier molecular flexibility index (Phi) is 7.27. The number of likely N-dealkylation sites (tertiary alicyclic amines) is 1. The zero-order valence-electron chi connectivity index (χ0n) is 17.6. The molecule has 1 saturated heterocycles. The second-order valence-corrected chi connectivity index (χ2v) is 7.46. The molecule has 1 aliphatic heterocycles. The van der Waals surface area contributed by atoms with E-state index in [1.807, 2.05) is 11.9 Å². The SMILES string of the molecule is C[C@H](N)C(=O)Nc1ccc(/N=N/c2ccccc2OC(=O)[C@@H]2CCCCN2C)c(N)n1. The number of hydrogen-bond donors (Lipinski definition) is 3. The highest BCUT2D eigenvalue weighted by Crippen LogP contribution is 2.31. The van der Waals surface area contributed by atoms with Gasteiger partial charge in [-0.15, -0.1) is 10.2 Å². The number of likely N-dealkylation sites (N-methyl/N-ethyl adjacent to an activating group) is 1. The summed E-state index contributed by atoms with van der Waals surface area (Å²) >= 11 is 0. The Morgan fingerprint density at radius 3 is 2.65 bits per heavy atom. The summed E-state index contributed by atoms with van der Waals surface area (Å²) < 4.78 is 5.62. The third-order valence-corrected chi connectivity index (χ3v) is 4.95.